The van der Waals surface area contributed by atoms with Gasteiger partial charge in [0.1, 0.15) is 17.5 Å². The van der Waals surface area contributed by atoms with Crippen molar-refractivity contribution in [1.29, 1.82) is 0 Å². The number of hydrogen-bond donors (Lipinski definition) is 0. The summed E-state index contributed by atoms with van der Waals surface area (Å²) >= 11 is 0. The monoisotopic (exact) mass is 314 g/mol. The van der Waals surface area contributed by atoms with Crippen LogP contribution in [0, 0.1) is 22.7 Å². The van der Waals surface area contributed by atoms with E-state index < -0.39 is 0 Å². The number of carbonyl (C=O) groups excluding carboxylic acids is 1. The molecule has 1 saturated heterocycles. The van der Waals surface area contributed by atoms with Gasteiger partial charge in [0, 0.05) is 17.1 Å². The average Bonchev–Trinajstić information content (AvgIpc) is 3.11. The Hall–Kier alpha value is -1.09. The predicted molar refractivity (Wildman–Crippen MR) is 86.4 cm³/mol. The van der Waals surface area contributed by atoms with E-state index in [4.69, 9.17) is 9.47 Å². The van der Waals surface area contributed by atoms with E-state index in [0.29, 0.717) is 11.3 Å². The van der Waals surface area contributed by atoms with E-state index in [1.165, 1.54) is 25.7 Å². The van der Waals surface area contributed by atoms with Crippen LogP contribution in [0.3, 0.4) is 0 Å². The number of fused-ring (bicyclic) bond motifs is 4. The van der Waals surface area contributed by atoms with Crippen molar-refractivity contribution in [2.75, 3.05) is 0 Å². The van der Waals surface area contributed by atoms with Crippen molar-refractivity contribution < 1.29 is 14.3 Å². The maximum atomic E-state index is 12.0. The van der Waals surface area contributed by atoms with Crippen LogP contribution in [0.15, 0.2) is 23.0 Å². The quantitative estimate of drug-likeness (QED) is 0.498. The molecule has 2 saturated carbocycles. The summed E-state index contributed by atoms with van der Waals surface area (Å²) in [6.45, 7) is 9.24. The number of hydrogen-bond acceptors (Lipinski definition) is 3. The third-order valence-electron chi connectivity index (χ3n) is 7.82. The van der Waals surface area contributed by atoms with Crippen molar-refractivity contribution in [2.45, 2.75) is 71.5 Å². The first-order chi connectivity index (χ1) is 10.8. The lowest BCUT2D eigenvalue weighted by Crippen LogP contribution is -2.55. The van der Waals surface area contributed by atoms with Crippen LogP contribution in [-0.4, -0.2) is 17.7 Å². The second kappa shape index (κ2) is 3.93. The van der Waals surface area contributed by atoms with Gasteiger partial charge < -0.3 is 9.47 Å². The molecule has 3 aliphatic carbocycles. The molecule has 0 N–H and O–H groups in total. The molecule has 3 nitrogen and oxygen atoms in total. The van der Waals surface area contributed by atoms with Gasteiger partial charge in [0.05, 0.1) is 0 Å². The van der Waals surface area contributed by atoms with Gasteiger partial charge in [0.25, 0.3) is 0 Å². The van der Waals surface area contributed by atoms with Crippen molar-refractivity contribution in [1.82, 2.24) is 0 Å². The van der Waals surface area contributed by atoms with E-state index in [0.717, 1.165) is 29.2 Å². The molecular weight excluding hydrogens is 288 g/mol. The van der Waals surface area contributed by atoms with Crippen LogP contribution in [0.2, 0.25) is 0 Å². The molecule has 2 heterocycles. The molecule has 124 valence electrons. The molecule has 0 aromatic carbocycles. The second-order valence-electron chi connectivity index (χ2n) is 9.33. The summed E-state index contributed by atoms with van der Waals surface area (Å²) in [5, 5.41) is 0. The van der Waals surface area contributed by atoms with Crippen LogP contribution in [-0.2, 0) is 14.3 Å². The first kappa shape index (κ1) is 14.3. The fourth-order valence-electron chi connectivity index (χ4n) is 6.72. The highest BCUT2D eigenvalue weighted by Gasteiger charge is 2.73. The molecule has 0 bridgehead atoms. The molecular formula is C20H26O3. The Kier molecular flexibility index (Phi) is 2.44. The normalized spacial score (nSPS) is 49.5. The van der Waals surface area contributed by atoms with Crippen LogP contribution in [0.25, 0.3) is 0 Å². The SMILES string of the molecule is CC1=C2C(=C[C@H]3[C@]4(C)CCCC(C)(C)[C@@H]4CC[C@]34O[C@H]24)OC1=O. The van der Waals surface area contributed by atoms with E-state index in [1.807, 2.05) is 6.92 Å². The number of carbonyl (C=O) groups is 1. The lowest BCUT2D eigenvalue weighted by molar-refractivity contribution is -0.133. The third kappa shape index (κ3) is 1.53. The van der Waals surface area contributed by atoms with Crippen molar-refractivity contribution in [3.63, 3.8) is 0 Å². The molecule has 23 heavy (non-hydrogen) atoms. The smallest absolute Gasteiger partial charge is 0.339 e. The Morgan fingerprint density at radius 2 is 1.96 bits per heavy atom. The van der Waals surface area contributed by atoms with Gasteiger partial charge in [-0.15, -0.1) is 0 Å². The van der Waals surface area contributed by atoms with Crippen molar-refractivity contribution >= 4 is 5.97 Å². The van der Waals surface area contributed by atoms with Crippen LogP contribution < -0.4 is 0 Å². The minimum absolute atomic E-state index is 0.0489. The molecule has 0 amide bonds. The Morgan fingerprint density at radius 1 is 1.17 bits per heavy atom. The Balaban J connectivity index is 1.64. The van der Waals surface area contributed by atoms with Gasteiger partial charge in [-0.25, -0.2) is 4.79 Å². The Morgan fingerprint density at radius 3 is 2.74 bits per heavy atom. The summed E-state index contributed by atoms with van der Waals surface area (Å²) in [7, 11) is 0. The zero-order valence-corrected chi connectivity index (χ0v) is 14.6. The maximum Gasteiger partial charge on any atom is 0.339 e. The Bertz CT molecular complexity index is 685. The molecule has 3 heteroatoms. The molecule has 0 aromatic rings. The van der Waals surface area contributed by atoms with Gasteiger partial charge in [0.2, 0.25) is 0 Å². The zero-order chi connectivity index (χ0) is 16.2. The maximum absolute atomic E-state index is 12.0. The highest BCUT2D eigenvalue weighted by molar-refractivity contribution is 5.94. The van der Waals surface area contributed by atoms with Crippen LogP contribution in [0.1, 0.15) is 59.8 Å². The van der Waals surface area contributed by atoms with E-state index in [-0.39, 0.29) is 23.1 Å². The summed E-state index contributed by atoms with van der Waals surface area (Å²) in [6.07, 6.45) is 8.62. The number of epoxide rings is 1. The molecule has 5 atom stereocenters. The molecule has 2 aliphatic heterocycles. The standard InChI is InChI=1S/C20H26O3/c1-11-15-12(22-17(11)21)10-14-19(4)8-5-7-18(2,3)13(19)6-9-20(14)16(15)23-20/h10,13-14,16H,5-9H2,1-4H3/t13-,14-,16+,19+,20-/m0/s1. The molecule has 5 aliphatic rings. The van der Waals surface area contributed by atoms with Gasteiger partial charge >= 0.3 is 5.97 Å². The summed E-state index contributed by atoms with van der Waals surface area (Å²) in [6, 6.07) is 0. The molecule has 0 unspecified atom stereocenters. The number of ether oxygens (including phenoxy) is 2. The van der Waals surface area contributed by atoms with Crippen molar-refractivity contribution in [2.24, 2.45) is 22.7 Å². The molecule has 0 aromatic heterocycles. The van der Waals surface area contributed by atoms with Gasteiger partial charge in [-0.05, 0) is 55.4 Å². The summed E-state index contributed by atoms with van der Waals surface area (Å²) in [4.78, 5) is 12.0. The lowest BCUT2D eigenvalue weighted by atomic mass is 9.45. The largest absolute Gasteiger partial charge is 0.423 e. The number of rotatable bonds is 0. The van der Waals surface area contributed by atoms with Crippen molar-refractivity contribution in [3.05, 3.63) is 23.0 Å². The third-order valence-corrected chi connectivity index (χ3v) is 7.82. The van der Waals surface area contributed by atoms with Gasteiger partial charge in [0.15, 0.2) is 0 Å². The Labute approximate surface area is 138 Å². The first-order valence-electron chi connectivity index (χ1n) is 9.13. The van der Waals surface area contributed by atoms with Crippen LogP contribution in [0.4, 0.5) is 0 Å². The fraction of sp³-hybridized carbons (Fsp3) is 0.750. The van der Waals surface area contributed by atoms with E-state index in [9.17, 15) is 4.79 Å². The number of esters is 1. The van der Waals surface area contributed by atoms with E-state index in [1.54, 1.807) is 0 Å². The first-order valence-corrected chi connectivity index (χ1v) is 9.13. The second-order valence-corrected chi connectivity index (χ2v) is 9.33. The van der Waals surface area contributed by atoms with Gasteiger partial charge in [-0.2, -0.15) is 0 Å². The highest BCUT2D eigenvalue weighted by atomic mass is 16.6. The average molecular weight is 314 g/mol. The summed E-state index contributed by atoms with van der Waals surface area (Å²) in [5.41, 5.74) is 2.41. The summed E-state index contributed by atoms with van der Waals surface area (Å²) in [5.74, 6) is 1.74. The zero-order valence-electron chi connectivity index (χ0n) is 14.6. The van der Waals surface area contributed by atoms with Crippen LogP contribution >= 0.6 is 0 Å². The molecule has 0 radical (unpaired) electrons. The van der Waals surface area contributed by atoms with Crippen molar-refractivity contribution in [3.8, 4) is 0 Å². The highest BCUT2D eigenvalue weighted by Crippen LogP contribution is 2.71. The van der Waals surface area contributed by atoms with Gasteiger partial charge in [-0.1, -0.05) is 27.2 Å². The topological polar surface area (TPSA) is 38.8 Å². The van der Waals surface area contributed by atoms with Crippen LogP contribution in [0.5, 0.6) is 0 Å². The van der Waals surface area contributed by atoms with E-state index >= 15 is 0 Å². The van der Waals surface area contributed by atoms with E-state index in [2.05, 4.69) is 26.8 Å². The minimum atomic E-state index is -0.179. The fourth-order valence-corrected chi connectivity index (χ4v) is 6.72. The minimum Gasteiger partial charge on any atom is -0.423 e. The summed E-state index contributed by atoms with van der Waals surface area (Å²) < 4.78 is 11.9. The van der Waals surface area contributed by atoms with Gasteiger partial charge in [-0.3, -0.25) is 0 Å². The molecule has 1 spiro atoms. The lowest BCUT2D eigenvalue weighted by Gasteiger charge is -2.59. The molecule has 5 rings (SSSR count). The molecule has 3 fully saturated rings. The predicted octanol–water partition coefficient (Wildman–Crippen LogP) is 4.14.